The minimum atomic E-state index is -0.380. The highest BCUT2D eigenvalue weighted by molar-refractivity contribution is 6.35. The third-order valence-electron chi connectivity index (χ3n) is 5.47. The van der Waals surface area contributed by atoms with Crippen molar-refractivity contribution < 1.29 is 19.2 Å². The van der Waals surface area contributed by atoms with Crippen LogP contribution in [0.1, 0.15) is 56.8 Å². The van der Waals surface area contributed by atoms with E-state index in [1.807, 2.05) is 109 Å². The standard InChI is InChI=1S/C14H10O.C13H10O.C4H6O2/c15-14-12-7-3-1-5-10(12)9-11-6-2-4-8-13(11)14;14-13(11-7-3-1-4-8-11)12-9-5-2-6-10-12;1-3(5)4(2)6/h1-8H,9H2;1-10H;1-2H3. The van der Waals surface area contributed by atoms with E-state index >= 15 is 0 Å². The monoisotopic (exact) mass is 462 g/mol. The second-order valence-electron chi connectivity index (χ2n) is 7.99. The first-order valence-corrected chi connectivity index (χ1v) is 11.2. The first-order valence-electron chi connectivity index (χ1n) is 11.2. The van der Waals surface area contributed by atoms with Gasteiger partial charge in [-0.15, -0.1) is 0 Å². The normalized spacial score (nSPS) is 10.9. The summed E-state index contributed by atoms with van der Waals surface area (Å²) >= 11 is 0. The number of ketones is 4. The summed E-state index contributed by atoms with van der Waals surface area (Å²) in [5.74, 6) is -0.524. The lowest BCUT2D eigenvalue weighted by molar-refractivity contribution is -0.134. The molecule has 0 amide bonds. The zero-order valence-corrected chi connectivity index (χ0v) is 19.7. The second kappa shape index (κ2) is 12.1. The predicted octanol–water partition coefficient (Wildman–Crippen LogP) is 5.90. The molecule has 0 N–H and O–H groups in total. The molecule has 0 saturated carbocycles. The van der Waals surface area contributed by atoms with Crippen LogP contribution in [-0.4, -0.2) is 23.1 Å². The molecule has 0 radical (unpaired) electrons. The summed E-state index contributed by atoms with van der Waals surface area (Å²) in [7, 11) is 0. The van der Waals surface area contributed by atoms with E-state index in [0.29, 0.717) is 0 Å². The number of fused-ring (bicyclic) bond motifs is 2. The van der Waals surface area contributed by atoms with Gasteiger partial charge in [0.25, 0.3) is 0 Å². The van der Waals surface area contributed by atoms with Crippen LogP contribution in [0, 0.1) is 0 Å². The van der Waals surface area contributed by atoms with Crippen molar-refractivity contribution in [1.82, 2.24) is 0 Å². The van der Waals surface area contributed by atoms with E-state index in [2.05, 4.69) is 0 Å². The first kappa shape index (κ1) is 25.2. The Bertz CT molecular complexity index is 1240. The molecule has 1 aliphatic rings. The van der Waals surface area contributed by atoms with E-state index in [-0.39, 0.29) is 23.1 Å². The molecule has 0 aliphatic heterocycles. The largest absolute Gasteiger partial charge is 0.291 e. The molecule has 4 nitrogen and oxygen atoms in total. The van der Waals surface area contributed by atoms with Gasteiger partial charge in [0, 0.05) is 36.1 Å². The Balaban J connectivity index is 0.000000161. The van der Waals surface area contributed by atoms with E-state index in [4.69, 9.17) is 0 Å². The van der Waals surface area contributed by atoms with Crippen molar-refractivity contribution in [1.29, 1.82) is 0 Å². The summed E-state index contributed by atoms with van der Waals surface area (Å²) in [4.78, 5) is 43.5. The van der Waals surface area contributed by atoms with Crippen LogP contribution < -0.4 is 0 Å². The third kappa shape index (κ3) is 6.78. The van der Waals surface area contributed by atoms with E-state index in [1.54, 1.807) is 0 Å². The highest BCUT2D eigenvalue weighted by Crippen LogP contribution is 2.26. The molecule has 0 unspecified atom stereocenters. The molecular weight excluding hydrogens is 436 g/mol. The van der Waals surface area contributed by atoms with Gasteiger partial charge in [-0.25, -0.2) is 0 Å². The molecule has 35 heavy (non-hydrogen) atoms. The molecule has 1 aliphatic carbocycles. The lowest BCUT2D eigenvalue weighted by atomic mass is 9.85. The number of carbonyl (C=O) groups excluding carboxylic acids is 4. The van der Waals surface area contributed by atoms with Gasteiger partial charge in [0.15, 0.2) is 23.1 Å². The van der Waals surface area contributed by atoms with E-state index < -0.39 is 0 Å². The fourth-order valence-electron chi connectivity index (χ4n) is 3.49. The minimum absolute atomic E-state index is 0.0752. The van der Waals surface area contributed by atoms with Gasteiger partial charge in [-0.05, 0) is 17.5 Å². The molecule has 0 heterocycles. The minimum Gasteiger partial charge on any atom is -0.291 e. The van der Waals surface area contributed by atoms with E-state index in [1.165, 1.54) is 13.8 Å². The molecule has 0 spiro atoms. The third-order valence-corrected chi connectivity index (χ3v) is 5.47. The molecule has 0 saturated heterocycles. The van der Waals surface area contributed by atoms with Gasteiger partial charge >= 0.3 is 0 Å². The Hall–Kier alpha value is -4.44. The lowest BCUT2D eigenvalue weighted by Crippen LogP contribution is -2.14. The van der Waals surface area contributed by atoms with Crippen LogP contribution in [0.5, 0.6) is 0 Å². The summed E-state index contributed by atoms with van der Waals surface area (Å²) < 4.78 is 0. The maximum atomic E-state index is 12.1. The molecular formula is C31H26O4. The zero-order chi connectivity index (χ0) is 25.2. The Morgan fingerprint density at radius 2 is 0.857 bits per heavy atom. The summed E-state index contributed by atoms with van der Waals surface area (Å²) in [6.07, 6.45) is 0.873. The lowest BCUT2D eigenvalue weighted by Gasteiger charge is -2.17. The van der Waals surface area contributed by atoms with Crippen molar-refractivity contribution in [3.8, 4) is 0 Å². The topological polar surface area (TPSA) is 68.3 Å². The fraction of sp³-hybridized carbons (Fsp3) is 0.0968. The van der Waals surface area contributed by atoms with Gasteiger partial charge in [0.2, 0.25) is 0 Å². The quantitative estimate of drug-likeness (QED) is 0.247. The van der Waals surface area contributed by atoms with Crippen molar-refractivity contribution in [3.05, 3.63) is 143 Å². The molecule has 0 atom stereocenters. The van der Waals surface area contributed by atoms with Crippen molar-refractivity contribution in [3.63, 3.8) is 0 Å². The van der Waals surface area contributed by atoms with Crippen LogP contribution in [0.3, 0.4) is 0 Å². The van der Waals surface area contributed by atoms with Crippen molar-refractivity contribution >= 4 is 23.1 Å². The maximum absolute atomic E-state index is 12.1. The summed E-state index contributed by atoms with van der Waals surface area (Å²) in [5, 5.41) is 0. The average molecular weight is 463 g/mol. The summed E-state index contributed by atoms with van der Waals surface area (Å²) in [6, 6.07) is 34.3. The molecule has 0 bridgehead atoms. The number of rotatable bonds is 3. The first-order chi connectivity index (χ1) is 16.9. The van der Waals surface area contributed by atoms with Gasteiger partial charge in [0.05, 0.1) is 0 Å². The van der Waals surface area contributed by atoms with Crippen molar-refractivity contribution in [2.45, 2.75) is 20.3 Å². The van der Waals surface area contributed by atoms with Gasteiger partial charge in [-0.3, -0.25) is 19.2 Å². The Kier molecular flexibility index (Phi) is 8.74. The van der Waals surface area contributed by atoms with Crippen LogP contribution in [0.15, 0.2) is 109 Å². The Morgan fingerprint density at radius 1 is 0.514 bits per heavy atom. The number of hydrogen-bond donors (Lipinski definition) is 0. The molecule has 0 aromatic heterocycles. The Labute approximate surface area is 205 Å². The molecule has 4 aromatic rings. The summed E-state index contributed by atoms with van der Waals surface area (Å²) in [6.45, 7) is 2.50. The number of benzene rings is 4. The number of hydrogen-bond acceptors (Lipinski definition) is 4. The Morgan fingerprint density at radius 3 is 1.23 bits per heavy atom. The van der Waals surface area contributed by atoms with Crippen LogP contribution in [-0.2, 0) is 16.0 Å². The molecule has 174 valence electrons. The fourth-order valence-corrected chi connectivity index (χ4v) is 3.49. The molecule has 4 aromatic carbocycles. The van der Waals surface area contributed by atoms with Crippen LogP contribution in [0.2, 0.25) is 0 Å². The highest BCUT2D eigenvalue weighted by atomic mass is 16.2. The van der Waals surface area contributed by atoms with E-state index in [9.17, 15) is 19.2 Å². The van der Waals surface area contributed by atoms with Gasteiger partial charge < -0.3 is 0 Å². The second-order valence-corrected chi connectivity index (χ2v) is 7.99. The maximum Gasteiger partial charge on any atom is 0.195 e. The molecule has 5 rings (SSSR count). The van der Waals surface area contributed by atoms with Crippen LogP contribution in [0.4, 0.5) is 0 Å². The SMILES string of the molecule is CC(=O)C(C)=O.O=C(c1ccccc1)c1ccccc1.O=C1c2ccccc2Cc2ccccc21. The number of Topliss-reactive ketones (excluding diaryl/α,β-unsaturated/α-hetero) is 2. The summed E-state index contributed by atoms with van der Waals surface area (Å²) in [5.41, 5.74) is 5.46. The smallest absolute Gasteiger partial charge is 0.195 e. The van der Waals surface area contributed by atoms with Gasteiger partial charge in [-0.1, -0.05) is 109 Å². The van der Waals surface area contributed by atoms with Crippen molar-refractivity contribution in [2.75, 3.05) is 0 Å². The van der Waals surface area contributed by atoms with Gasteiger partial charge in [0.1, 0.15) is 0 Å². The molecule has 0 fully saturated rings. The highest BCUT2D eigenvalue weighted by Gasteiger charge is 2.21. The molecule has 4 heteroatoms. The average Bonchev–Trinajstić information content (AvgIpc) is 2.90. The van der Waals surface area contributed by atoms with Gasteiger partial charge in [-0.2, -0.15) is 0 Å². The van der Waals surface area contributed by atoms with Crippen LogP contribution in [0.25, 0.3) is 0 Å². The van der Waals surface area contributed by atoms with Crippen LogP contribution >= 0.6 is 0 Å². The zero-order valence-electron chi connectivity index (χ0n) is 19.7. The van der Waals surface area contributed by atoms with Crippen molar-refractivity contribution in [2.24, 2.45) is 0 Å². The number of carbonyl (C=O) groups is 4. The van der Waals surface area contributed by atoms with E-state index in [0.717, 1.165) is 39.8 Å². The predicted molar refractivity (Wildman–Crippen MR) is 137 cm³/mol.